The minimum atomic E-state index is -0.572. The molecule has 0 aliphatic heterocycles. The van der Waals surface area contributed by atoms with Crippen molar-refractivity contribution in [2.75, 3.05) is 17.7 Å². The van der Waals surface area contributed by atoms with Gasteiger partial charge in [0.2, 0.25) is 5.91 Å². The van der Waals surface area contributed by atoms with Crippen molar-refractivity contribution in [3.63, 3.8) is 0 Å². The Labute approximate surface area is 299 Å². The fourth-order valence-corrected chi connectivity index (χ4v) is 6.96. The molecule has 1 heterocycles. The van der Waals surface area contributed by atoms with E-state index in [-0.39, 0.29) is 11.6 Å². The number of benzene rings is 5. The van der Waals surface area contributed by atoms with Crippen molar-refractivity contribution in [2.24, 2.45) is 0 Å². The molecular weight excluding hydrogens is 720 g/mol. The van der Waals surface area contributed by atoms with Gasteiger partial charge in [0.25, 0.3) is 11.8 Å². The summed E-state index contributed by atoms with van der Waals surface area (Å²) in [6.07, 6.45) is 1.62. The average Bonchev–Trinajstić information content (AvgIpc) is 3.53. The number of anilines is 2. The van der Waals surface area contributed by atoms with Gasteiger partial charge in [0.1, 0.15) is 16.7 Å². The Morgan fingerprint density at radius 1 is 0.837 bits per heavy atom. The molecule has 0 bridgehead atoms. The maximum Gasteiger partial charge on any atom is 0.272 e. The summed E-state index contributed by atoms with van der Waals surface area (Å²) in [4.78, 5) is 45.5. The highest BCUT2D eigenvalue weighted by atomic mass is 79.9. The van der Waals surface area contributed by atoms with Gasteiger partial charge in [0.05, 0.1) is 17.3 Å². The molecule has 6 rings (SSSR count). The second kappa shape index (κ2) is 15.8. The van der Waals surface area contributed by atoms with E-state index in [1.807, 2.05) is 91.0 Å². The van der Waals surface area contributed by atoms with Crippen LogP contribution >= 0.6 is 39.0 Å². The third-order valence-electron chi connectivity index (χ3n) is 7.24. The number of hydrogen-bond acceptors (Lipinski definition) is 7. The van der Waals surface area contributed by atoms with E-state index in [9.17, 15) is 14.4 Å². The lowest BCUT2D eigenvalue weighted by atomic mass is 10.1. The maximum absolute atomic E-state index is 13.7. The molecule has 0 aliphatic carbocycles. The number of amides is 3. The van der Waals surface area contributed by atoms with Crippen molar-refractivity contribution in [2.45, 2.75) is 10.1 Å². The molecule has 0 radical (unpaired) electrons. The monoisotopic (exact) mass is 748 g/mol. The molecule has 1 aromatic heterocycles. The van der Waals surface area contributed by atoms with Crippen LogP contribution in [0, 0.1) is 0 Å². The summed E-state index contributed by atoms with van der Waals surface area (Å²) < 4.78 is 7.12. The first-order chi connectivity index (χ1) is 23.8. The van der Waals surface area contributed by atoms with E-state index in [1.165, 1.54) is 23.1 Å². The predicted molar refractivity (Wildman–Crippen MR) is 201 cm³/mol. The molecule has 3 amide bonds. The van der Waals surface area contributed by atoms with E-state index in [1.54, 1.807) is 49.6 Å². The largest absolute Gasteiger partial charge is 0.497 e. The van der Waals surface area contributed by atoms with Crippen LogP contribution in [0.2, 0.25) is 0 Å². The van der Waals surface area contributed by atoms with Crippen LogP contribution in [0.15, 0.2) is 142 Å². The van der Waals surface area contributed by atoms with Crippen LogP contribution in [0.25, 0.3) is 16.3 Å². The van der Waals surface area contributed by atoms with E-state index < -0.39 is 17.1 Å². The highest BCUT2D eigenvalue weighted by Crippen LogP contribution is 2.38. The lowest BCUT2D eigenvalue weighted by Gasteiger charge is -2.16. The minimum Gasteiger partial charge on any atom is -0.497 e. The molecule has 3 N–H and O–H groups in total. The van der Waals surface area contributed by atoms with Crippen molar-refractivity contribution in [1.82, 2.24) is 10.3 Å². The van der Waals surface area contributed by atoms with Gasteiger partial charge in [-0.2, -0.15) is 0 Å². The van der Waals surface area contributed by atoms with Crippen molar-refractivity contribution < 1.29 is 19.1 Å². The highest BCUT2D eigenvalue weighted by Gasteiger charge is 2.24. The second-order valence-corrected chi connectivity index (χ2v) is 13.8. The van der Waals surface area contributed by atoms with Crippen molar-refractivity contribution in [3.05, 3.63) is 154 Å². The lowest BCUT2D eigenvalue weighted by molar-refractivity contribution is -0.116. The Hall–Kier alpha value is -5.23. The first-order valence-corrected chi connectivity index (χ1v) is 17.6. The van der Waals surface area contributed by atoms with Crippen molar-refractivity contribution in [1.29, 1.82) is 0 Å². The molecular formula is C38H29BrN4O4S2. The van der Waals surface area contributed by atoms with Crippen LogP contribution in [-0.2, 0) is 9.59 Å². The first kappa shape index (κ1) is 33.7. The van der Waals surface area contributed by atoms with E-state index in [0.29, 0.717) is 16.4 Å². The molecule has 0 spiro atoms. The number of ether oxygens (including phenoxy) is 1. The maximum atomic E-state index is 13.7. The van der Waals surface area contributed by atoms with Gasteiger partial charge in [-0.1, -0.05) is 87.9 Å². The van der Waals surface area contributed by atoms with Gasteiger partial charge < -0.3 is 20.7 Å². The van der Waals surface area contributed by atoms with Crippen LogP contribution < -0.4 is 20.7 Å². The zero-order chi connectivity index (χ0) is 34.2. The molecule has 8 nitrogen and oxygen atoms in total. The number of halogens is 1. The van der Waals surface area contributed by atoms with Crippen LogP contribution in [0.4, 0.5) is 10.8 Å². The van der Waals surface area contributed by atoms with Gasteiger partial charge in [0, 0.05) is 20.6 Å². The topological polar surface area (TPSA) is 109 Å². The molecule has 244 valence electrons. The van der Waals surface area contributed by atoms with E-state index in [4.69, 9.17) is 4.74 Å². The summed E-state index contributed by atoms with van der Waals surface area (Å²) >= 11 is 6.19. The van der Waals surface area contributed by atoms with Crippen LogP contribution in [-0.4, -0.2) is 29.8 Å². The number of hydrogen-bond donors (Lipinski definition) is 3. The second-order valence-electron chi connectivity index (χ2n) is 10.7. The van der Waals surface area contributed by atoms with Gasteiger partial charge in [-0.25, -0.2) is 4.98 Å². The highest BCUT2D eigenvalue weighted by molar-refractivity contribution is 9.10. The van der Waals surface area contributed by atoms with Crippen LogP contribution in [0.3, 0.4) is 0 Å². The number of aromatic nitrogens is 1. The van der Waals surface area contributed by atoms with Gasteiger partial charge >= 0.3 is 0 Å². The molecule has 0 saturated heterocycles. The number of methoxy groups -OCH3 is 1. The van der Waals surface area contributed by atoms with E-state index in [0.717, 1.165) is 36.5 Å². The van der Waals surface area contributed by atoms with Crippen LogP contribution in [0.1, 0.15) is 26.7 Å². The zero-order valence-corrected chi connectivity index (χ0v) is 29.3. The number of fused-ring (bicyclic) bond motifs is 1. The molecule has 11 heteroatoms. The Kier molecular flexibility index (Phi) is 10.8. The lowest BCUT2D eigenvalue weighted by Crippen LogP contribution is -2.30. The zero-order valence-electron chi connectivity index (χ0n) is 26.1. The summed E-state index contributed by atoms with van der Waals surface area (Å²) in [7, 11) is 1.61. The molecule has 1 atom stereocenters. The summed E-state index contributed by atoms with van der Waals surface area (Å²) in [5.41, 5.74) is 3.39. The fourth-order valence-electron chi connectivity index (χ4n) is 4.78. The molecule has 0 aliphatic rings. The predicted octanol–water partition coefficient (Wildman–Crippen LogP) is 8.95. The van der Waals surface area contributed by atoms with Gasteiger partial charge in [0.15, 0.2) is 5.13 Å². The summed E-state index contributed by atoms with van der Waals surface area (Å²) in [6.45, 7) is 0. The van der Waals surface area contributed by atoms with Gasteiger partial charge in [-0.3, -0.25) is 14.4 Å². The molecule has 5 aromatic carbocycles. The number of thioether (sulfide) groups is 1. The Morgan fingerprint density at radius 2 is 1.53 bits per heavy atom. The van der Waals surface area contributed by atoms with E-state index >= 15 is 0 Å². The van der Waals surface area contributed by atoms with Crippen molar-refractivity contribution >= 4 is 83.9 Å². The SMILES string of the molecule is COc1ccc2nc(NC(=O)C(Sc3ccc(NC(=O)/C(=C/c4ccc(Br)cc4)NC(=O)c4ccccc4)cc3)c3ccccc3)sc2c1. The quantitative estimate of drug-likeness (QED) is 0.0902. The number of thiazole rings is 1. The number of carbonyl (C=O) groups is 3. The summed E-state index contributed by atoms with van der Waals surface area (Å²) in [5, 5.41) is 8.56. The molecule has 0 fully saturated rings. The third kappa shape index (κ3) is 8.82. The molecule has 1 unspecified atom stereocenters. The summed E-state index contributed by atoms with van der Waals surface area (Å²) in [5.74, 6) is -0.374. The average molecular weight is 750 g/mol. The number of rotatable bonds is 11. The third-order valence-corrected chi connectivity index (χ3v) is 9.97. The standard InChI is InChI=1S/C38H29BrN4O4S2/c1-47-29-18-21-31-33(23-29)49-38(42-31)43-37(46)34(25-8-4-2-5-9-25)48-30-19-16-28(17-20-30)40-36(45)32(22-24-12-14-27(39)15-13-24)41-35(44)26-10-6-3-7-11-26/h2-23,34H,1H3,(H,40,45)(H,41,44)(H,42,43,46)/b32-22-. The van der Waals surface area contributed by atoms with E-state index in [2.05, 4.69) is 36.9 Å². The normalized spacial score (nSPS) is 11.8. The van der Waals surface area contributed by atoms with Crippen molar-refractivity contribution in [3.8, 4) is 5.75 Å². The first-order valence-electron chi connectivity index (χ1n) is 15.1. The number of nitrogens with one attached hydrogen (secondary N) is 3. The van der Waals surface area contributed by atoms with Crippen LogP contribution in [0.5, 0.6) is 5.75 Å². The molecule has 49 heavy (non-hydrogen) atoms. The number of carbonyl (C=O) groups excluding carboxylic acids is 3. The molecule has 6 aromatic rings. The minimum absolute atomic E-state index is 0.0868. The molecule has 0 saturated carbocycles. The Balaban J connectivity index is 1.18. The Morgan fingerprint density at radius 3 is 2.22 bits per heavy atom. The smallest absolute Gasteiger partial charge is 0.272 e. The summed E-state index contributed by atoms with van der Waals surface area (Å²) in [6, 6.07) is 38.4. The number of nitrogens with zero attached hydrogens (tertiary/aromatic N) is 1. The fraction of sp³-hybridized carbons (Fsp3) is 0.0526. The van der Waals surface area contributed by atoms with Gasteiger partial charge in [-0.15, -0.1) is 11.8 Å². The van der Waals surface area contributed by atoms with Gasteiger partial charge in [-0.05, 0) is 83.9 Å². The Bertz CT molecular complexity index is 2120.